The van der Waals surface area contributed by atoms with Crippen molar-refractivity contribution >= 4 is 5.91 Å². The molecule has 2 fully saturated rings. The van der Waals surface area contributed by atoms with Crippen molar-refractivity contribution in [3.05, 3.63) is 35.4 Å². The molecule has 1 aromatic carbocycles. The highest BCUT2D eigenvalue weighted by atomic mass is 19.4. The topological polar surface area (TPSA) is 32.3 Å². The van der Waals surface area contributed by atoms with Crippen molar-refractivity contribution < 1.29 is 18.0 Å². The third kappa shape index (κ3) is 3.11. The number of nitrogens with one attached hydrogen (secondary N) is 1. The number of carbonyl (C=O) groups excluding carboxylic acids is 1. The van der Waals surface area contributed by atoms with Gasteiger partial charge in [0.05, 0.1) is 5.56 Å². The molecule has 1 aliphatic heterocycles. The highest BCUT2D eigenvalue weighted by molar-refractivity contribution is 5.83. The van der Waals surface area contributed by atoms with Gasteiger partial charge in [-0.1, -0.05) is 18.2 Å². The number of carbonyl (C=O) groups is 1. The maximum Gasteiger partial charge on any atom is 0.416 e. The second kappa shape index (κ2) is 5.57. The number of piperazine rings is 1. The summed E-state index contributed by atoms with van der Waals surface area (Å²) in [6, 6.07) is 5.63. The molecule has 3 nitrogen and oxygen atoms in total. The predicted molar refractivity (Wildman–Crippen MR) is 76.3 cm³/mol. The number of nitrogens with zero attached hydrogens (tertiary/aromatic N) is 1. The molecule has 6 heteroatoms. The Kier molecular flexibility index (Phi) is 3.89. The van der Waals surface area contributed by atoms with Gasteiger partial charge in [0.1, 0.15) is 0 Å². The van der Waals surface area contributed by atoms with Gasteiger partial charge in [-0.15, -0.1) is 0 Å². The fourth-order valence-electron chi connectivity index (χ4n) is 3.15. The first-order chi connectivity index (χ1) is 10.4. The van der Waals surface area contributed by atoms with E-state index in [1.165, 1.54) is 12.1 Å². The van der Waals surface area contributed by atoms with Crippen LogP contribution in [0, 0.1) is 5.92 Å². The minimum absolute atomic E-state index is 0.0695. The summed E-state index contributed by atoms with van der Waals surface area (Å²) in [7, 11) is 0. The molecule has 120 valence electrons. The molecule has 1 saturated heterocycles. The minimum atomic E-state index is -4.33. The molecule has 3 rings (SSSR count). The molecule has 1 amide bonds. The van der Waals surface area contributed by atoms with Gasteiger partial charge in [-0.25, -0.2) is 0 Å². The summed E-state index contributed by atoms with van der Waals surface area (Å²) in [6.45, 7) is 4.14. The van der Waals surface area contributed by atoms with Crippen LogP contribution >= 0.6 is 0 Å². The minimum Gasteiger partial charge on any atom is -0.340 e. The van der Waals surface area contributed by atoms with E-state index in [4.69, 9.17) is 0 Å². The molecular formula is C16H19F3N2O. The Morgan fingerprint density at radius 2 is 2.14 bits per heavy atom. The average Bonchev–Trinajstić information content (AvgIpc) is 3.26. The lowest BCUT2D eigenvalue weighted by molar-refractivity contribution is -0.137. The zero-order valence-electron chi connectivity index (χ0n) is 12.4. The van der Waals surface area contributed by atoms with Crippen LogP contribution < -0.4 is 5.32 Å². The molecule has 1 saturated carbocycles. The zero-order chi connectivity index (χ0) is 15.9. The van der Waals surface area contributed by atoms with Crippen LogP contribution in [-0.2, 0) is 11.0 Å². The van der Waals surface area contributed by atoms with Crippen molar-refractivity contribution in [2.45, 2.75) is 31.5 Å². The van der Waals surface area contributed by atoms with Gasteiger partial charge in [0.2, 0.25) is 5.91 Å². The highest BCUT2D eigenvalue weighted by Gasteiger charge is 2.46. The lowest BCUT2D eigenvalue weighted by Gasteiger charge is -2.32. The molecule has 3 atom stereocenters. The van der Waals surface area contributed by atoms with Crippen molar-refractivity contribution in [2.24, 2.45) is 5.92 Å². The molecule has 1 heterocycles. The van der Waals surface area contributed by atoms with E-state index in [0.717, 1.165) is 12.6 Å². The maximum absolute atomic E-state index is 12.8. The Bertz CT molecular complexity index is 573. The van der Waals surface area contributed by atoms with Crippen LogP contribution in [0.3, 0.4) is 0 Å². The predicted octanol–water partition coefficient (Wildman–Crippen LogP) is 2.63. The molecule has 0 unspecified atom stereocenters. The van der Waals surface area contributed by atoms with E-state index in [9.17, 15) is 18.0 Å². The van der Waals surface area contributed by atoms with Crippen LogP contribution in [0.2, 0.25) is 0 Å². The summed E-state index contributed by atoms with van der Waals surface area (Å²) in [5, 5.41) is 3.27. The first kappa shape index (κ1) is 15.3. The van der Waals surface area contributed by atoms with Crippen molar-refractivity contribution in [1.82, 2.24) is 10.2 Å². The summed E-state index contributed by atoms with van der Waals surface area (Å²) in [6.07, 6.45) is -3.68. The van der Waals surface area contributed by atoms with Crippen molar-refractivity contribution in [3.8, 4) is 0 Å². The van der Waals surface area contributed by atoms with Crippen molar-refractivity contribution in [2.75, 3.05) is 19.6 Å². The van der Waals surface area contributed by atoms with Crippen molar-refractivity contribution in [1.29, 1.82) is 0 Å². The fourth-order valence-corrected chi connectivity index (χ4v) is 3.15. The third-order valence-corrected chi connectivity index (χ3v) is 4.43. The SMILES string of the molecule is C[C@@H]1CN(C(=O)[C@@H]2C[C@H]2c2cccc(C(F)(F)F)c2)CCN1. The average molecular weight is 312 g/mol. The standard InChI is InChI=1S/C16H19F3N2O/c1-10-9-21(6-5-20-10)15(22)14-8-13(14)11-3-2-4-12(7-11)16(17,18)19/h2-4,7,10,13-14,20H,5-6,8-9H2,1H3/t10-,13+,14-/m1/s1. The van der Waals surface area contributed by atoms with Gasteiger partial charge in [0.25, 0.3) is 0 Å². The summed E-state index contributed by atoms with van der Waals surface area (Å²) < 4.78 is 38.3. The molecule has 1 N–H and O–H groups in total. The Labute approximate surface area is 127 Å². The normalized spacial score (nSPS) is 28.5. The third-order valence-electron chi connectivity index (χ3n) is 4.43. The van der Waals surface area contributed by atoms with Gasteiger partial charge in [-0.05, 0) is 30.9 Å². The zero-order valence-corrected chi connectivity index (χ0v) is 12.4. The van der Waals surface area contributed by atoms with E-state index in [0.29, 0.717) is 25.1 Å². The number of alkyl halides is 3. The van der Waals surface area contributed by atoms with E-state index in [1.807, 2.05) is 11.8 Å². The summed E-state index contributed by atoms with van der Waals surface area (Å²) in [4.78, 5) is 14.3. The Morgan fingerprint density at radius 3 is 2.82 bits per heavy atom. The van der Waals surface area contributed by atoms with E-state index in [2.05, 4.69) is 5.32 Å². The summed E-state index contributed by atoms with van der Waals surface area (Å²) >= 11 is 0. The smallest absolute Gasteiger partial charge is 0.340 e. The Morgan fingerprint density at radius 1 is 1.36 bits per heavy atom. The quantitative estimate of drug-likeness (QED) is 0.910. The largest absolute Gasteiger partial charge is 0.416 e. The fraction of sp³-hybridized carbons (Fsp3) is 0.562. The Hall–Kier alpha value is -1.56. The second-order valence-corrected chi connectivity index (χ2v) is 6.21. The van der Waals surface area contributed by atoms with Gasteiger partial charge >= 0.3 is 6.18 Å². The van der Waals surface area contributed by atoms with Crippen LogP contribution in [0.1, 0.15) is 30.4 Å². The lowest BCUT2D eigenvalue weighted by Crippen LogP contribution is -2.51. The van der Waals surface area contributed by atoms with Gasteiger partial charge in [0.15, 0.2) is 0 Å². The molecule has 1 aromatic rings. The van der Waals surface area contributed by atoms with Crippen LogP contribution in [0.5, 0.6) is 0 Å². The van der Waals surface area contributed by atoms with E-state index in [-0.39, 0.29) is 23.8 Å². The maximum atomic E-state index is 12.8. The molecule has 2 aliphatic rings. The number of hydrogen-bond donors (Lipinski definition) is 1. The monoisotopic (exact) mass is 312 g/mol. The van der Waals surface area contributed by atoms with Crippen LogP contribution in [0.15, 0.2) is 24.3 Å². The number of halogens is 3. The van der Waals surface area contributed by atoms with E-state index < -0.39 is 11.7 Å². The van der Waals surface area contributed by atoms with Crippen LogP contribution in [0.25, 0.3) is 0 Å². The van der Waals surface area contributed by atoms with Gasteiger partial charge in [-0.2, -0.15) is 13.2 Å². The van der Waals surface area contributed by atoms with Crippen LogP contribution in [0.4, 0.5) is 13.2 Å². The first-order valence-corrected chi connectivity index (χ1v) is 7.55. The summed E-state index contributed by atoms with van der Waals surface area (Å²) in [5.74, 6) is -0.149. The van der Waals surface area contributed by atoms with Gasteiger partial charge < -0.3 is 10.2 Å². The number of rotatable bonds is 2. The Balaban J connectivity index is 1.68. The first-order valence-electron chi connectivity index (χ1n) is 7.55. The molecule has 0 aromatic heterocycles. The van der Waals surface area contributed by atoms with Gasteiger partial charge in [-0.3, -0.25) is 4.79 Å². The number of amides is 1. The van der Waals surface area contributed by atoms with Crippen LogP contribution in [-0.4, -0.2) is 36.5 Å². The molecule has 0 spiro atoms. The number of benzene rings is 1. The van der Waals surface area contributed by atoms with Gasteiger partial charge in [0, 0.05) is 31.6 Å². The van der Waals surface area contributed by atoms with Crippen molar-refractivity contribution in [3.63, 3.8) is 0 Å². The lowest BCUT2D eigenvalue weighted by atomic mass is 10.0. The molecule has 0 bridgehead atoms. The highest BCUT2D eigenvalue weighted by Crippen LogP contribution is 2.49. The van der Waals surface area contributed by atoms with E-state index >= 15 is 0 Å². The van der Waals surface area contributed by atoms with E-state index in [1.54, 1.807) is 6.07 Å². The number of hydrogen-bond acceptors (Lipinski definition) is 2. The molecule has 1 aliphatic carbocycles. The molecular weight excluding hydrogens is 293 g/mol. The molecule has 22 heavy (non-hydrogen) atoms. The second-order valence-electron chi connectivity index (χ2n) is 6.21. The summed E-state index contributed by atoms with van der Waals surface area (Å²) in [5.41, 5.74) is -0.0183. The molecule has 0 radical (unpaired) electrons.